The molecule has 0 fully saturated rings. The molecule has 2 unspecified atom stereocenters. The number of hydrogen-bond donors (Lipinski definition) is 0. The maximum atomic E-state index is 12.8. The van der Waals surface area contributed by atoms with Crippen LogP contribution in [0.25, 0.3) is 0 Å². The van der Waals surface area contributed by atoms with Crippen LogP contribution in [0.1, 0.15) is 42.8 Å². The van der Waals surface area contributed by atoms with E-state index in [-0.39, 0.29) is 18.0 Å². The molecule has 1 aliphatic rings. The highest BCUT2D eigenvalue weighted by molar-refractivity contribution is 7.10. The van der Waals surface area contributed by atoms with Gasteiger partial charge >= 0.3 is 0 Å². The quantitative estimate of drug-likeness (QED) is 0.871. The first kappa shape index (κ1) is 13.4. The number of fused-ring (bicyclic) bond motifs is 1. The molecule has 0 bridgehead atoms. The van der Waals surface area contributed by atoms with Gasteiger partial charge in [-0.25, -0.2) is 0 Å². The Morgan fingerprint density at radius 3 is 3.15 bits per heavy atom. The molecule has 1 amide bonds. The zero-order valence-corrected chi connectivity index (χ0v) is 12.6. The second-order valence-electron chi connectivity index (χ2n) is 5.17. The first-order valence-corrected chi connectivity index (χ1v) is 7.96. The molecular formula is C15H19N3OS. The topological polar surface area (TPSA) is 38.1 Å². The van der Waals surface area contributed by atoms with Crippen molar-refractivity contribution in [2.75, 3.05) is 6.54 Å². The van der Waals surface area contributed by atoms with Gasteiger partial charge in [-0.2, -0.15) is 5.10 Å². The van der Waals surface area contributed by atoms with Crippen molar-refractivity contribution in [2.45, 2.75) is 38.8 Å². The molecule has 0 aromatic carbocycles. The molecule has 0 saturated heterocycles. The van der Waals surface area contributed by atoms with Crippen LogP contribution < -0.4 is 0 Å². The third-order valence-electron chi connectivity index (χ3n) is 4.04. The normalized spacial score (nSPS) is 19.7. The summed E-state index contributed by atoms with van der Waals surface area (Å²) in [6, 6.07) is 4.01. The zero-order chi connectivity index (χ0) is 14.1. The Hall–Kier alpha value is -1.62. The summed E-state index contributed by atoms with van der Waals surface area (Å²) in [6.45, 7) is 4.89. The molecule has 1 aliphatic heterocycles. The van der Waals surface area contributed by atoms with Gasteiger partial charge < -0.3 is 4.90 Å². The number of carbonyl (C=O) groups excluding carboxylic acids is 1. The summed E-state index contributed by atoms with van der Waals surface area (Å²) in [5.41, 5.74) is 1.34. The summed E-state index contributed by atoms with van der Waals surface area (Å²) < 4.78 is 1.73. The lowest BCUT2D eigenvalue weighted by Crippen LogP contribution is -2.42. The van der Waals surface area contributed by atoms with Gasteiger partial charge in [0.1, 0.15) is 6.04 Å². The number of amides is 1. The van der Waals surface area contributed by atoms with E-state index in [1.54, 1.807) is 10.9 Å². The van der Waals surface area contributed by atoms with Gasteiger partial charge in [-0.3, -0.25) is 9.48 Å². The highest BCUT2D eigenvalue weighted by Gasteiger charge is 2.33. The van der Waals surface area contributed by atoms with Gasteiger partial charge in [-0.05, 0) is 42.8 Å². The lowest BCUT2D eigenvalue weighted by molar-refractivity contribution is -0.137. The van der Waals surface area contributed by atoms with Gasteiger partial charge in [0.15, 0.2) is 0 Å². The standard InChI is InChI=1S/C15H19N3OS/c1-3-13-12-6-10-20-14(12)5-9-17(13)15(19)11(2)18-8-4-7-16-18/h4,6-8,10-11,13H,3,5,9H2,1-2H3. The van der Waals surface area contributed by atoms with Gasteiger partial charge in [-0.1, -0.05) is 6.92 Å². The first-order valence-electron chi connectivity index (χ1n) is 7.08. The molecule has 2 aromatic rings. The van der Waals surface area contributed by atoms with Crippen LogP contribution in [0.4, 0.5) is 0 Å². The van der Waals surface area contributed by atoms with Gasteiger partial charge in [0, 0.05) is 23.8 Å². The summed E-state index contributed by atoms with van der Waals surface area (Å²) in [6.07, 6.45) is 5.50. The second kappa shape index (κ2) is 5.40. The molecule has 0 saturated carbocycles. The van der Waals surface area contributed by atoms with Crippen molar-refractivity contribution < 1.29 is 4.79 Å². The number of rotatable bonds is 3. The lowest BCUT2D eigenvalue weighted by atomic mass is 9.97. The first-order chi connectivity index (χ1) is 9.72. The molecule has 5 heteroatoms. The van der Waals surface area contributed by atoms with Gasteiger partial charge in [0.25, 0.3) is 0 Å². The number of carbonyl (C=O) groups is 1. The zero-order valence-electron chi connectivity index (χ0n) is 11.8. The Morgan fingerprint density at radius 2 is 2.45 bits per heavy atom. The fourth-order valence-corrected chi connectivity index (χ4v) is 3.89. The average Bonchev–Trinajstić information content (AvgIpc) is 3.14. The molecule has 0 N–H and O–H groups in total. The van der Waals surface area contributed by atoms with Crippen LogP contribution in [0.15, 0.2) is 29.9 Å². The van der Waals surface area contributed by atoms with E-state index in [1.165, 1.54) is 10.4 Å². The molecule has 0 radical (unpaired) electrons. The molecule has 4 nitrogen and oxygen atoms in total. The van der Waals surface area contributed by atoms with Crippen molar-refractivity contribution >= 4 is 17.2 Å². The third kappa shape index (κ3) is 2.16. The maximum Gasteiger partial charge on any atom is 0.247 e. The largest absolute Gasteiger partial charge is 0.333 e. The molecule has 0 spiro atoms. The average molecular weight is 289 g/mol. The highest BCUT2D eigenvalue weighted by Crippen LogP contribution is 2.36. The van der Waals surface area contributed by atoms with Crippen LogP contribution in [0.3, 0.4) is 0 Å². The molecule has 3 rings (SSSR count). The van der Waals surface area contributed by atoms with Gasteiger partial charge in [0.2, 0.25) is 5.91 Å². The predicted octanol–water partition coefficient (Wildman–Crippen LogP) is 3.04. The van der Waals surface area contributed by atoms with E-state index in [9.17, 15) is 4.79 Å². The lowest BCUT2D eigenvalue weighted by Gasteiger charge is -2.37. The molecule has 2 atom stereocenters. The van der Waals surface area contributed by atoms with Crippen molar-refractivity contribution in [3.63, 3.8) is 0 Å². The Morgan fingerprint density at radius 1 is 1.60 bits per heavy atom. The Balaban J connectivity index is 1.85. The number of hydrogen-bond acceptors (Lipinski definition) is 3. The molecule has 3 heterocycles. The van der Waals surface area contributed by atoms with Crippen LogP contribution in [-0.2, 0) is 11.2 Å². The maximum absolute atomic E-state index is 12.8. The molecular weight excluding hydrogens is 270 g/mol. The van der Waals surface area contributed by atoms with Crippen molar-refractivity contribution in [3.8, 4) is 0 Å². The van der Waals surface area contributed by atoms with E-state index >= 15 is 0 Å². The summed E-state index contributed by atoms with van der Waals surface area (Å²) in [5.74, 6) is 0.164. The predicted molar refractivity (Wildman–Crippen MR) is 79.7 cm³/mol. The minimum atomic E-state index is -0.237. The smallest absolute Gasteiger partial charge is 0.247 e. The van der Waals surface area contributed by atoms with Crippen molar-refractivity contribution in [3.05, 3.63) is 40.3 Å². The summed E-state index contributed by atoms with van der Waals surface area (Å²) in [5, 5.41) is 6.33. The fraction of sp³-hybridized carbons (Fsp3) is 0.467. The van der Waals surface area contributed by atoms with Crippen molar-refractivity contribution in [1.82, 2.24) is 14.7 Å². The number of thiophene rings is 1. The Bertz CT molecular complexity index is 590. The molecule has 20 heavy (non-hydrogen) atoms. The third-order valence-corrected chi connectivity index (χ3v) is 5.04. The van der Waals surface area contributed by atoms with Crippen LogP contribution in [-0.4, -0.2) is 27.1 Å². The Kier molecular flexibility index (Phi) is 3.61. The fourth-order valence-electron chi connectivity index (χ4n) is 2.96. The van der Waals surface area contributed by atoms with E-state index in [1.807, 2.05) is 35.4 Å². The molecule has 0 aliphatic carbocycles. The molecule has 2 aromatic heterocycles. The molecule has 106 valence electrons. The van der Waals surface area contributed by atoms with E-state index < -0.39 is 0 Å². The van der Waals surface area contributed by atoms with Crippen LogP contribution >= 0.6 is 11.3 Å². The van der Waals surface area contributed by atoms with Crippen LogP contribution in [0.2, 0.25) is 0 Å². The van der Waals surface area contributed by atoms with E-state index in [0.29, 0.717) is 0 Å². The monoisotopic (exact) mass is 289 g/mol. The summed E-state index contributed by atoms with van der Waals surface area (Å²) in [4.78, 5) is 16.2. The number of nitrogens with zero attached hydrogens (tertiary/aromatic N) is 3. The van der Waals surface area contributed by atoms with E-state index in [4.69, 9.17) is 0 Å². The van der Waals surface area contributed by atoms with Gasteiger partial charge in [0.05, 0.1) is 6.04 Å². The highest BCUT2D eigenvalue weighted by atomic mass is 32.1. The van der Waals surface area contributed by atoms with Crippen LogP contribution in [0, 0.1) is 0 Å². The van der Waals surface area contributed by atoms with Crippen molar-refractivity contribution in [1.29, 1.82) is 0 Å². The van der Waals surface area contributed by atoms with Gasteiger partial charge in [-0.15, -0.1) is 11.3 Å². The van der Waals surface area contributed by atoms with Crippen molar-refractivity contribution in [2.24, 2.45) is 0 Å². The minimum absolute atomic E-state index is 0.164. The summed E-state index contributed by atoms with van der Waals surface area (Å²) in [7, 11) is 0. The van der Waals surface area contributed by atoms with E-state index in [2.05, 4.69) is 23.5 Å². The minimum Gasteiger partial charge on any atom is -0.333 e. The number of aromatic nitrogens is 2. The van der Waals surface area contributed by atoms with E-state index in [0.717, 1.165) is 19.4 Å². The second-order valence-corrected chi connectivity index (χ2v) is 6.17. The SMILES string of the molecule is CCC1c2ccsc2CCN1C(=O)C(C)n1cccn1. The Labute approximate surface area is 123 Å². The van der Waals surface area contributed by atoms with Crippen LogP contribution in [0.5, 0.6) is 0 Å². The summed E-state index contributed by atoms with van der Waals surface area (Å²) >= 11 is 1.81.